The van der Waals surface area contributed by atoms with Gasteiger partial charge >= 0.3 is 5.97 Å². The Bertz CT molecular complexity index is 1270. The summed E-state index contributed by atoms with van der Waals surface area (Å²) in [5, 5.41) is 4.23. The summed E-state index contributed by atoms with van der Waals surface area (Å²) in [5.41, 5.74) is 2.06. The van der Waals surface area contributed by atoms with Crippen molar-refractivity contribution in [2.45, 2.75) is 13.8 Å². The van der Waals surface area contributed by atoms with Crippen LogP contribution in [-0.4, -0.2) is 22.3 Å². The number of carbonyl (C=O) groups is 1. The summed E-state index contributed by atoms with van der Waals surface area (Å²) in [6.45, 7) is 3.63. The number of nitrogens with zero attached hydrogens (tertiary/aromatic N) is 2. The first-order chi connectivity index (χ1) is 14.0. The molecule has 2 aromatic heterocycles. The van der Waals surface area contributed by atoms with Crippen LogP contribution in [0.2, 0.25) is 0 Å². The van der Waals surface area contributed by atoms with Gasteiger partial charge in [-0.3, -0.25) is 4.79 Å². The minimum atomic E-state index is -0.704. The molecular formula is C22H17FN2O4. The number of carbonyl (C=O) groups excluding carboxylic acids is 1. The predicted molar refractivity (Wildman–Crippen MR) is 106 cm³/mol. The van der Waals surface area contributed by atoms with Gasteiger partial charge in [0.1, 0.15) is 11.4 Å². The molecule has 0 bridgehead atoms. The molecule has 7 heteroatoms. The highest BCUT2D eigenvalue weighted by molar-refractivity contribution is 5.95. The Morgan fingerprint density at radius 2 is 1.93 bits per heavy atom. The van der Waals surface area contributed by atoms with Crippen LogP contribution in [0, 0.1) is 12.7 Å². The second kappa shape index (κ2) is 7.35. The molecule has 0 saturated carbocycles. The molecule has 2 heterocycles. The number of aryl methyl sites for hydroxylation is 1. The minimum absolute atomic E-state index is 0.0908. The van der Waals surface area contributed by atoms with Gasteiger partial charge in [-0.05, 0) is 50.2 Å². The van der Waals surface area contributed by atoms with Crippen molar-refractivity contribution < 1.29 is 18.4 Å². The van der Waals surface area contributed by atoms with E-state index in [1.165, 1.54) is 18.3 Å². The van der Waals surface area contributed by atoms with Crippen molar-refractivity contribution in [3.05, 3.63) is 82.0 Å². The molecule has 0 aliphatic rings. The van der Waals surface area contributed by atoms with E-state index in [1.54, 1.807) is 47.9 Å². The molecule has 0 N–H and O–H groups in total. The predicted octanol–water partition coefficient (Wildman–Crippen LogP) is 4.27. The van der Waals surface area contributed by atoms with Gasteiger partial charge < -0.3 is 13.8 Å². The molecule has 6 nitrogen and oxygen atoms in total. The topological polar surface area (TPSA) is 74.3 Å². The monoisotopic (exact) mass is 392 g/mol. The summed E-state index contributed by atoms with van der Waals surface area (Å²) >= 11 is 0. The van der Waals surface area contributed by atoms with E-state index in [2.05, 4.69) is 5.16 Å². The Morgan fingerprint density at radius 3 is 2.59 bits per heavy atom. The van der Waals surface area contributed by atoms with Crippen LogP contribution in [0.15, 0.2) is 64.0 Å². The SMILES string of the molecule is CCOC(=O)c1cn(-c2ccc(F)cc2)c2cc(-c3cc(C)no3)ccc2c1=O. The molecule has 146 valence electrons. The van der Waals surface area contributed by atoms with Crippen molar-refractivity contribution in [2.24, 2.45) is 0 Å². The molecule has 2 aromatic carbocycles. The number of hydrogen-bond donors (Lipinski definition) is 0. The highest BCUT2D eigenvalue weighted by Crippen LogP contribution is 2.26. The van der Waals surface area contributed by atoms with E-state index >= 15 is 0 Å². The van der Waals surface area contributed by atoms with E-state index in [1.807, 2.05) is 6.92 Å². The zero-order valence-corrected chi connectivity index (χ0v) is 15.8. The van der Waals surface area contributed by atoms with E-state index in [9.17, 15) is 14.0 Å². The molecule has 0 aliphatic carbocycles. The maximum absolute atomic E-state index is 13.4. The molecule has 0 spiro atoms. The maximum Gasteiger partial charge on any atom is 0.343 e. The number of hydrogen-bond acceptors (Lipinski definition) is 5. The summed E-state index contributed by atoms with van der Waals surface area (Å²) in [6, 6.07) is 12.7. The maximum atomic E-state index is 13.4. The Hall–Kier alpha value is -3.74. The van der Waals surface area contributed by atoms with E-state index in [0.717, 1.165) is 11.3 Å². The second-order valence-electron chi connectivity index (χ2n) is 6.50. The standard InChI is InChI=1S/C22H17FN2O4/c1-3-28-22(27)18-12-25(16-7-5-15(23)6-8-16)19-11-14(4-9-17(19)21(18)26)20-10-13(2)24-29-20/h4-12H,3H2,1-2H3. The molecule has 0 saturated heterocycles. The van der Waals surface area contributed by atoms with Crippen LogP contribution < -0.4 is 5.43 Å². The van der Waals surface area contributed by atoms with Gasteiger partial charge in [0.2, 0.25) is 5.43 Å². The second-order valence-corrected chi connectivity index (χ2v) is 6.50. The van der Waals surface area contributed by atoms with Gasteiger partial charge in [0.25, 0.3) is 0 Å². The van der Waals surface area contributed by atoms with E-state index in [-0.39, 0.29) is 18.0 Å². The van der Waals surface area contributed by atoms with E-state index in [0.29, 0.717) is 22.4 Å². The Labute approximate surface area is 165 Å². The van der Waals surface area contributed by atoms with Crippen LogP contribution in [0.4, 0.5) is 4.39 Å². The molecule has 0 aliphatic heterocycles. The van der Waals surface area contributed by atoms with Crippen molar-refractivity contribution in [1.29, 1.82) is 0 Å². The van der Waals surface area contributed by atoms with Gasteiger partial charge in [-0.2, -0.15) is 0 Å². The van der Waals surface area contributed by atoms with Crippen LogP contribution in [0.5, 0.6) is 0 Å². The van der Waals surface area contributed by atoms with Gasteiger partial charge in [0, 0.05) is 28.9 Å². The number of fused-ring (bicyclic) bond motifs is 1. The number of benzene rings is 2. The van der Waals surface area contributed by atoms with Gasteiger partial charge in [0.05, 0.1) is 17.8 Å². The van der Waals surface area contributed by atoms with Gasteiger partial charge in [0.15, 0.2) is 5.76 Å². The fourth-order valence-corrected chi connectivity index (χ4v) is 3.15. The summed E-state index contributed by atoms with van der Waals surface area (Å²) < 4.78 is 25.4. The smallest absolute Gasteiger partial charge is 0.343 e. The first kappa shape index (κ1) is 18.6. The van der Waals surface area contributed by atoms with Crippen LogP contribution in [0.1, 0.15) is 23.0 Å². The number of rotatable bonds is 4. The molecule has 0 unspecified atom stereocenters. The lowest BCUT2D eigenvalue weighted by molar-refractivity contribution is 0.0524. The largest absolute Gasteiger partial charge is 0.462 e. The van der Waals surface area contributed by atoms with E-state index < -0.39 is 11.4 Å². The molecule has 0 fully saturated rings. The minimum Gasteiger partial charge on any atom is -0.462 e. The normalized spacial score (nSPS) is 11.0. The average Bonchev–Trinajstić information content (AvgIpc) is 3.15. The average molecular weight is 392 g/mol. The molecule has 0 atom stereocenters. The van der Waals surface area contributed by atoms with E-state index in [4.69, 9.17) is 9.26 Å². The van der Waals surface area contributed by atoms with Crippen molar-refractivity contribution in [3.63, 3.8) is 0 Å². The first-order valence-corrected chi connectivity index (χ1v) is 9.04. The summed E-state index contributed by atoms with van der Waals surface area (Å²) in [5.74, 6) is -0.537. The highest BCUT2D eigenvalue weighted by Gasteiger charge is 2.18. The van der Waals surface area contributed by atoms with Crippen molar-refractivity contribution in [3.8, 4) is 17.0 Å². The quantitative estimate of drug-likeness (QED) is 0.485. The number of esters is 1. The Morgan fingerprint density at radius 1 is 1.17 bits per heavy atom. The van der Waals surface area contributed by atoms with Gasteiger partial charge in [-0.15, -0.1) is 0 Å². The molecular weight excluding hydrogens is 375 g/mol. The Balaban J connectivity index is 2.01. The summed E-state index contributed by atoms with van der Waals surface area (Å²) in [6.07, 6.45) is 1.42. The lowest BCUT2D eigenvalue weighted by Crippen LogP contribution is -2.20. The molecule has 0 radical (unpaired) electrons. The fourth-order valence-electron chi connectivity index (χ4n) is 3.15. The fraction of sp³-hybridized carbons (Fsp3) is 0.136. The number of ether oxygens (including phenoxy) is 1. The third-order valence-electron chi connectivity index (χ3n) is 4.52. The molecule has 0 amide bonds. The van der Waals surface area contributed by atoms with Gasteiger partial charge in [-0.1, -0.05) is 11.2 Å². The van der Waals surface area contributed by atoms with Crippen molar-refractivity contribution in [2.75, 3.05) is 6.61 Å². The number of halogens is 1. The molecule has 4 rings (SSSR count). The summed E-state index contributed by atoms with van der Waals surface area (Å²) in [4.78, 5) is 25.2. The number of pyridine rings is 1. The lowest BCUT2D eigenvalue weighted by Gasteiger charge is -2.14. The van der Waals surface area contributed by atoms with Crippen molar-refractivity contribution >= 4 is 16.9 Å². The van der Waals surface area contributed by atoms with Gasteiger partial charge in [-0.25, -0.2) is 9.18 Å². The van der Waals surface area contributed by atoms with Crippen LogP contribution >= 0.6 is 0 Å². The number of aromatic nitrogens is 2. The lowest BCUT2D eigenvalue weighted by atomic mass is 10.1. The zero-order chi connectivity index (χ0) is 20.5. The van der Waals surface area contributed by atoms with Crippen LogP contribution in [-0.2, 0) is 4.74 Å². The highest BCUT2D eigenvalue weighted by atomic mass is 19.1. The van der Waals surface area contributed by atoms with Crippen molar-refractivity contribution in [1.82, 2.24) is 9.72 Å². The Kier molecular flexibility index (Phi) is 4.72. The molecule has 29 heavy (non-hydrogen) atoms. The molecule has 4 aromatic rings. The third-order valence-corrected chi connectivity index (χ3v) is 4.52. The third kappa shape index (κ3) is 3.42. The van der Waals surface area contributed by atoms with Crippen LogP contribution in [0.3, 0.4) is 0 Å². The zero-order valence-electron chi connectivity index (χ0n) is 15.8. The summed E-state index contributed by atoms with van der Waals surface area (Å²) in [7, 11) is 0. The van der Waals surface area contributed by atoms with Crippen LogP contribution in [0.25, 0.3) is 27.9 Å². The first-order valence-electron chi connectivity index (χ1n) is 9.04.